The Morgan fingerprint density at radius 1 is 1.04 bits per heavy atom. The highest BCUT2D eigenvalue weighted by molar-refractivity contribution is 5.86. The van der Waals surface area contributed by atoms with Gasteiger partial charge in [-0.3, -0.25) is 9.59 Å². The zero-order valence-electron chi connectivity index (χ0n) is 19.3. The van der Waals surface area contributed by atoms with Crippen molar-refractivity contribution in [2.45, 2.75) is 68.4 Å². The summed E-state index contributed by atoms with van der Waals surface area (Å²) in [6.07, 6.45) is -0.733. The van der Waals surface area contributed by atoms with Crippen LogP contribution in [0.2, 0.25) is 0 Å². The lowest BCUT2D eigenvalue weighted by atomic mass is 9.46. The average Bonchev–Trinajstić information content (AvgIpc) is 2.49. The quantitative estimate of drug-likeness (QED) is 0.596. The number of amides is 1. The van der Waals surface area contributed by atoms with E-state index < -0.39 is 33.7 Å². The Morgan fingerprint density at radius 2 is 1.52 bits per heavy atom. The van der Waals surface area contributed by atoms with Gasteiger partial charge in [-0.25, -0.2) is 0 Å². The first-order chi connectivity index (χ1) is 11.9. The molecule has 6 nitrogen and oxygen atoms in total. The number of rotatable bonds is 9. The van der Waals surface area contributed by atoms with Crippen LogP contribution in [-0.2, 0) is 14.3 Å². The molecule has 0 rings (SSSR count). The molecule has 0 aliphatic rings. The minimum Gasteiger partial charge on any atom is -0.463 e. The molecule has 0 aliphatic heterocycles. The third kappa shape index (κ3) is 5.44. The van der Waals surface area contributed by atoms with E-state index in [1.54, 1.807) is 6.92 Å². The largest absolute Gasteiger partial charge is 0.463 e. The Balaban J connectivity index is 5.86. The average molecular weight is 387 g/mol. The van der Waals surface area contributed by atoms with Gasteiger partial charge in [0.15, 0.2) is 0 Å². The monoisotopic (exact) mass is 386 g/mol. The first-order valence-electron chi connectivity index (χ1n) is 9.71. The molecule has 0 bridgehead atoms. The number of hydrogen-bond donors (Lipinski definition) is 2. The maximum atomic E-state index is 13.2. The van der Waals surface area contributed by atoms with Crippen molar-refractivity contribution in [3.8, 4) is 0 Å². The van der Waals surface area contributed by atoms with Crippen molar-refractivity contribution in [1.29, 1.82) is 0 Å². The minimum atomic E-state index is -0.961. The zero-order valence-corrected chi connectivity index (χ0v) is 19.3. The summed E-state index contributed by atoms with van der Waals surface area (Å²) in [6, 6.07) is 0. The van der Waals surface area contributed by atoms with E-state index in [1.165, 1.54) is 0 Å². The van der Waals surface area contributed by atoms with Crippen molar-refractivity contribution in [1.82, 2.24) is 10.2 Å². The lowest BCUT2D eigenvalue weighted by molar-refractivity contribution is -0.188. The minimum absolute atomic E-state index is 0.0595. The maximum Gasteiger partial charge on any atom is 0.312 e. The molecule has 27 heavy (non-hydrogen) atoms. The Morgan fingerprint density at radius 3 is 1.89 bits per heavy atom. The molecule has 0 aromatic rings. The Bertz CT molecular complexity index is 519. The first kappa shape index (κ1) is 25.9. The van der Waals surface area contributed by atoms with E-state index >= 15 is 0 Å². The fraction of sp³-hybridized carbons (Fsp3) is 0.905. The second kappa shape index (κ2) is 8.91. The molecule has 0 saturated heterocycles. The molecule has 0 spiro atoms. The summed E-state index contributed by atoms with van der Waals surface area (Å²) in [5, 5.41) is 12.5. The number of ether oxygens (including phenoxy) is 1. The Kier molecular flexibility index (Phi) is 8.53. The van der Waals surface area contributed by atoms with Crippen LogP contribution in [0.25, 0.3) is 0 Å². The highest BCUT2D eigenvalue weighted by atomic mass is 16.5. The molecule has 0 saturated carbocycles. The van der Waals surface area contributed by atoms with Crippen molar-refractivity contribution >= 4 is 11.9 Å². The molecule has 1 amide bonds. The van der Waals surface area contributed by atoms with E-state index in [-0.39, 0.29) is 12.5 Å². The van der Waals surface area contributed by atoms with Crippen LogP contribution in [0.3, 0.4) is 0 Å². The first-order valence-corrected chi connectivity index (χ1v) is 9.71. The highest BCUT2D eigenvalue weighted by Gasteiger charge is 2.62. The van der Waals surface area contributed by atoms with Gasteiger partial charge >= 0.3 is 5.97 Å². The smallest absolute Gasteiger partial charge is 0.312 e. The second-order valence-electron chi connectivity index (χ2n) is 10.1. The van der Waals surface area contributed by atoms with Crippen molar-refractivity contribution in [3.63, 3.8) is 0 Å². The molecular formula is C21H42N2O4. The van der Waals surface area contributed by atoms with E-state index in [4.69, 9.17) is 4.74 Å². The van der Waals surface area contributed by atoms with Gasteiger partial charge in [-0.05, 0) is 38.8 Å². The van der Waals surface area contributed by atoms with Crippen LogP contribution < -0.4 is 5.32 Å². The van der Waals surface area contributed by atoms with Crippen LogP contribution in [0.4, 0.5) is 0 Å². The maximum absolute atomic E-state index is 13.2. The lowest BCUT2D eigenvalue weighted by Crippen LogP contribution is -2.61. The number of aliphatic hydroxyl groups excluding tert-OH is 1. The van der Waals surface area contributed by atoms with E-state index in [2.05, 4.69) is 5.32 Å². The molecule has 2 N–H and O–H groups in total. The number of carbonyl (C=O) groups excluding carboxylic acids is 2. The standard InChI is InChI=1S/C21H42N2O4/c1-15(24)14-27-17(26)21(9,18(2,3)4)20(7,8)19(5,6)16(25)22-12-13-23(10)11/h15,24H,12-14H2,1-11H3,(H,22,25). The predicted octanol–water partition coefficient (Wildman–Crippen LogP) is 2.69. The van der Waals surface area contributed by atoms with Crippen molar-refractivity contribution in [2.75, 3.05) is 33.8 Å². The molecule has 2 unspecified atom stereocenters. The molecule has 2 atom stereocenters. The van der Waals surface area contributed by atoms with E-state index in [0.29, 0.717) is 6.54 Å². The summed E-state index contributed by atoms with van der Waals surface area (Å²) < 4.78 is 5.44. The fourth-order valence-corrected chi connectivity index (χ4v) is 3.36. The molecule has 6 heteroatoms. The van der Waals surface area contributed by atoms with Gasteiger partial charge in [0.25, 0.3) is 0 Å². The third-order valence-corrected chi connectivity index (χ3v) is 6.59. The topological polar surface area (TPSA) is 78.9 Å². The number of nitrogens with zero attached hydrogens (tertiary/aromatic N) is 1. The molecule has 0 radical (unpaired) electrons. The Labute approximate surface area is 166 Å². The summed E-state index contributed by atoms with van der Waals surface area (Å²) in [5.74, 6) is -0.483. The summed E-state index contributed by atoms with van der Waals surface area (Å²) in [7, 11) is 3.91. The van der Waals surface area contributed by atoms with Crippen LogP contribution in [0.5, 0.6) is 0 Å². The number of carbonyl (C=O) groups is 2. The van der Waals surface area contributed by atoms with Crippen molar-refractivity contribution < 1.29 is 19.4 Å². The van der Waals surface area contributed by atoms with Gasteiger partial charge in [0.2, 0.25) is 5.91 Å². The zero-order chi connectivity index (χ0) is 21.8. The van der Waals surface area contributed by atoms with Crippen LogP contribution in [0, 0.1) is 21.7 Å². The van der Waals surface area contributed by atoms with Gasteiger partial charge in [0.1, 0.15) is 6.61 Å². The third-order valence-electron chi connectivity index (χ3n) is 6.59. The number of aliphatic hydroxyl groups is 1. The predicted molar refractivity (Wildman–Crippen MR) is 109 cm³/mol. The summed E-state index contributed by atoms with van der Waals surface area (Å²) in [4.78, 5) is 28.2. The summed E-state index contributed by atoms with van der Waals surface area (Å²) in [6.45, 7) is 18.3. The van der Waals surface area contributed by atoms with Crippen molar-refractivity contribution in [3.05, 3.63) is 0 Å². The Hall–Kier alpha value is -1.14. The number of hydrogen-bond acceptors (Lipinski definition) is 5. The van der Waals surface area contributed by atoms with Gasteiger partial charge in [0.05, 0.1) is 11.5 Å². The summed E-state index contributed by atoms with van der Waals surface area (Å²) in [5.41, 5.74) is -2.98. The highest BCUT2D eigenvalue weighted by Crippen LogP contribution is 2.59. The van der Waals surface area contributed by atoms with Gasteiger partial charge in [-0.1, -0.05) is 48.5 Å². The molecule has 160 valence electrons. The van der Waals surface area contributed by atoms with Gasteiger partial charge in [-0.15, -0.1) is 0 Å². The number of esters is 1. The molecule has 0 aliphatic carbocycles. The molecule has 0 aromatic heterocycles. The van der Waals surface area contributed by atoms with E-state index in [0.717, 1.165) is 6.54 Å². The lowest BCUT2D eigenvalue weighted by Gasteiger charge is -2.56. The van der Waals surface area contributed by atoms with E-state index in [9.17, 15) is 14.7 Å². The van der Waals surface area contributed by atoms with Gasteiger partial charge < -0.3 is 20.1 Å². The van der Waals surface area contributed by atoms with Crippen LogP contribution in [0.15, 0.2) is 0 Å². The fourth-order valence-electron chi connectivity index (χ4n) is 3.36. The van der Waals surface area contributed by atoms with Gasteiger partial charge in [-0.2, -0.15) is 0 Å². The number of nitrogens with one attached hydrogen (secondary N) is 1. The van der Waals surface area contributed by atoms with E-state index in [1.807, 2.05) is 74.4 Å². The number of likely N-dealkylation sites (N-methyl/N-ethyl adjacent to an activating group) is 1. The molecular weight excluding hydrogens is 344 g/mol. The second-order valence-corrected chi connectivity index (χ2v) is 10.1. The van der Waals surface area contributed by atoms with Gasteiger partial charge in [0, 0.05) is 18.5 Å². The normalized spacial score (nSPS) is 16.6. The van der Waals surface area contributed by atoms with Crippen molar-refractivity contribution in [2.24, 2.45) is 21.7 Å². The molecule has 0 fully saturated rings. The van der Waals surface area contributed by atoms with Crippen LogP contribution >= 0.6 is 0 Å². The molecule has 0 aromatic carbocycles. The molecule has 0 heterocycles. The summed E-state index contributed by atoms with van der Waals surface area (Å²) >= 11 is 0. The SMILES string of the molecule is CC(O)COC(=O)C(C)(C(C)(C)C)C(C)(C)C(C)(C)C(=O)NCCN(C)C. The van der Waals surface area contributed by atoms with Crippen LogP contribution in [0.1, 0.15) is 62.3 Å². The van der Waals surface area contributed by atoms with Crippen LogP contribution in [-0.4, -0.2) is 61.8 Å².